The molecule has 0 spiro atoms. The molecule has 0 unspecified atom stereocenters. The number of rotatable bonds is 1. The molecule has 0 aliphatic heterocycles. The second-order valence-corrected chi connectivity index (χ2v) is 3.83. The summed E-state index contributed by atoms with van der Waals surface area (Å²) in [6, 6.07) is 17.3. The first kappa shape index (κ1) is 8.54. The van der Waals surface area contributed by atoms with Crippen molar-refractivity contribution in [1.29, 1.82) is 0 Å². The maximum absolute atomic E-state index is 2.34. The molecule has 0 radical (unpaired) electrons. The van der Waals surface area contributed by atoms with E-state index < -0.39 is 0 Å². The Morgan fingerprint density at radius 3 is 2.60 bits per heavy atom. The second-order valence-electron chi connectivity index (χ2n) is 3.83. The number of benzene rings is 1. The number of para-hydroxylation sites is 1. The number of hydrogen-bond acceptors (Lipinski definition) is 0. The lowest BCUT2D eigenvalue weighted by Crippen LogP contribution is -1.92. The van der Waals surface area contributed by atoms with E-state index in [-0.39, 0.29) is 0 Å². The molecular weight excluding hydrogens is 182 g/mol. The van der Waals surface area contributed by atoms with Crippen molar-refractivity contribution in [3.63, 3.8) is 0 Å². The Morgan fingerprint density at radius 1 is 0.933 bits per heavy atom. The maximum atomic E-state index is 2.34. The summed E-state index contributed by atoms with van der Waals surface area (Å²) in [5.41, 5.74) is 3.96. The van der Waals surface area contributed by atoms with E-state index in [1.54, 1.807) is 0 Å². The summed E-state index contributed by atoms with van der Waals surface area (Å²) in [4.78, 5) is 0. The fourth-order valence-corrected chi connectivity index (χ4v) is 2.20. The van der Waals surface area contributed by atoms with Crippen molar-refractivity contribution in [2.24, 2.45) is 0 Å². The van der Waals surface area contributed by atoms with Crippen LogP contribution in [-0.4, -0.2) is 4.40 Å². The third kappa shape index (κ3) is 1.16. The van der Waals surface area contributed by atoms with Gasteiger partial charge in [0.1, 0.15) is 0 Å². The number of pyridine rings is 1. The molecule has 2 aromatic heterocycles. The van der Waals surface area contributed by atoms with Crippen LogP contribution in [0.4, 0.5) is 0 Å². The molecule has 0 aliphatic carbocycles. The number of aryl methyl sites for hydroxylation is 1. The minimum Gasteiger partial charge on any atom is -0.314 e. The summed E-state index contributed by atoms with van der Waals surface area (Å²) < 4.78 is 2.34. The van der Waals surface area contributed by atoms with Gasteiger partial charge in [0.05, 0.1) is 5.52 Å². The second kappa shape index (κ2) is 3.13. The molecule has 15 heavy (non-hydrogen) atoms. The van der Waals surface area contributed by atoms with Gasteiger partial charge in [-0.15, -0.1) is 0 Å². The van der Waals surface area contributed by atoms with Gasteiger partial charge in [-0.1, -0.05) is 31.2 Å². The Balaban J connectivity index is 2.56. The van der Waals surface area contributed by atoms with E-state index >= 15 is 0 Å². The third-order valence-corrected chi connectivity index (χ3v) is 2.97. The van der Waals surface area contributed by atoms with E-state index in [2.05, 4.69) is 59.9 Å². The van der Waals surface area contributed by atoms with Gasteiger partial charge in [0.15, 0.2) is 0 Å². The molecule has 0 fully saturated rings. The Labute approximate surface area is 89.0 Å². The van der Waals surface area contributed by atoms with Gasteiger partial charge in [-0.3, -0.25) is 0 Å². The Kier molecular flexibility index (Phi) is 1.78. The van der Waals surface area contributed by atoms with Crippen LogP contribution in [0.25, 0.3) is 16.4 Å². The van der Waals surface area contributed by atoms with Crippen LogP contribution >= 0.6 is 0 Å². The van der Waals surface area contributed by atoms with Gasteiger partial charge in [-0.25, -0.2) is 0 Å². The van der Waals surface area contributed by atoms with Crippen LogP contribution in [0.5, 0.6) is 0 Å². The van der Waals surface area contributed by atoms with Crippen molar-refractivity contribution in [3.8, 4) is 0 Å². The van der Waals surface area contributed by atoms with E-state index in [0.29, 0.717) is 0 Å². The first-order valence-corrected chi connectivity index (χ1v) is 5.38. The van der Waals surface area contributed by atoms with Gasteiger partial charge in [0, 0.05) is 11.2 Å². The molecule has 0 atom stereocenters. The minimum absolute atomic E-state index is 1.07. The molecule has 3 aromatic rings. The predicted octanol–water partition coefficient (Wildman–Crippen LogP) is 3.65. The summed E-state index contributed by atoms with van der Waals surface area (Å²) in [7, 11) is 0. The quantitative estimate of drug-likeness (QED) is 0.558. The van der Waals surface area contributed by atoms with Gasteiger partial charge < -0.3 is 4.40 Å². The Bertz CT molecular complexity index is 619. The fourth-order valence-electron chi connectivity index (χ4n) is 2.20. The highest BCUT2D eigenvalue weighted by Crippen LogP contribution is 2.20. The van der Waals surface area contributed by atoms with E-state index in [0.717, 1.165) is 6.42 Å². The molecule has 74 valence electrons. The van der Waals surface area contributed by atoms with E-state index in [1.807, 2.05) is 0 Å². The molecule has 0 saturated carbocycles. The molecule has 3 rings (SSSR count). The van der Waals surface area contributed by atoms with Gasteiger partial charge in [0.2, 0.25) is 0 Å². The Hall–Kier alpha value is -1.76. The van der Waals surface area contributed by atoms with Crippen LogP contribution < -0.4 is 0 Å². The van der Waals surface area contributed by atoms with Gasteiger partial charge >= 0.3 is 0 Å². The summed E-state index contributed by atoms with van der Waals surface area (Å²) in [6.07, 6.45) is 1.07. The SMILES string of the molecule is CCc1ccc2ccc3ccccc3n12. The summed E-state index contributed by atoms with van der Waals surface area (Å²) in [5, 5.41) is 1.30. The van der Waals surface area contributed by atoms with Crippen LogP contribution in [0.1, 0.15) is 12.6 Å². The standard InChI is InChI=1S/C14H13N/c1-2-12-9-10-13-8-7-11-5-3-4-6-14(11)15(12)13/h3-10H,2H2,1H3. The average Bonchev–Trinajstić information content (AvgIpc) is 2.72. The normalized spacial score (nSPS) is 11.3. The number of nitrogens with zero attached hydrogens (tertiary/aromatic N) is 1. The van der Waals surface area contributed by atoms with Crippen LogP contribution in [-0.2, 0) is 6.42 Å². The number of fused-ring (bicyclic) bond motifs is 3. The molecule has 0 bridgehead atoms. The first-order chi connectivity index (χ1) is 7.40. The average molecular weight is 195 g/mol. The molecule has 0 saturated heterocycles. The van der Waals surface area contributed by atoms with E-state index in [4.69, 9.17) is 0 Å². The molecule has 0 N–H and O–H groups in total. The van der Waals surface area contributed by atoms with Crippen LogP contribution in [0.15, 0.2) is 48.5 Å². The largest absolute Gasteiger partial charge is 0.314 e. The zero-order valence-corrected chi connectivity index (χ0v) is 8.77. The highest BCUT2D eigenvalue weighted by Gasteiger charge is 2.02. The summed E-state index contributed by atoms with van der Waals surface area (Å²) in [6.45, 7) is 2.20. The first-order valence-electron chi connectivity index (χ1n) is 5.38. The lowest BCUT2D eigenvalue weighted by atomic mass is 10.2. The molecular formula is C14H13N. The van der Waals surface area contributed by atoms with Crippen molar-refractivity contribution in [2.45, 2.75) is 13.3 Å². The molecule has 1 nitrogen and oxygen atoms in total. The van der Waals surface area contributed by atoms with Crippen LogP contribution in [0.2, 0.25) is 0 Å². The highest BCUT2D eigenvalue weighted by atomic mass is 14.9. The predicted molar refractivity (Wildman–Crippen MR) is 64.3 cm³/mol. The lowest BCUT2D eigenvalue weighted by molar-refractivity contribution is 1.02. The number of aromatic nitrogens is 1. The van der Waals surface area contributed by atoms with Crippen molar-refractivity contribution in [1.82, 2.24) is 4.40 Å². The maximum Gasteiger partial charge on any atom is 0.0530 e. The smallest absolute Gasteiger partial charge is 0.0530 e. The van der Waals surface area contributed by atoms with Crippen molar-refractivity contribution in [3.05, 3.63) is 54.2 Å². The minimum atomic E-state index is 1.07. The van der Waals surface area contributed by atoms with Crippen molar-refractivity contribution in [2.75, 3.05) is 0 Å². The van der Waals surface area contributed by atoms with Gasteiger partial charge in [-0.05, 0) is 36.1 Å². The van der Waals surface area contributed by atoms with Gasteiger partial charge in [0.25, 0.3) is 0 Å². The molecule has 0 aliphatic rings. The van der Waals surface area contributed by atoms with Crippen molar-refractivity contribution >= 4 is 16.4 Å². The lowest BCUT2D eigenvalue weighted by Gasteiger charge is -2.05. The monoisotopic (exact) mass is 195 g/mol. The zero-order chi connectivity index (χ0) is 10.3. The summed E-state index contributed by atoms with van der Waals surface area (Å²) in [5.74, 6) is 0. The molecule has 1 heteroatoms. The summed E-state index contributed by atoms with van der Waals surface area (Å²) >= 11 is 0. The third-order valence-electron chi connectivity index (χ3n) is 2.97. The zero-order valence-electron chi connectivity index (χ0n) is 8.77. The number of hydrogen-bond donors (Lipinski definition) is 0. The van der Waals surface area contributed by atoms with Gasteiger partial charge in [-0.2, -0.15) is 0 Å². The van der Waals surface area contributed by atoms with E-state index in [1.165, 1.54) is 22.1 Å². The fraction of sp³-hybridized carbons (Fsp3) is 0.143. The molecule has 0 amide bonds. The Morgan fingerprint density at radius 2 is 1.73 bits per heavy atom. The topological polar surface area (TPSA) is 4.41 Å². The van der Waals surface area contributed by atoms with Crippen LogP contribution in [0, 0.1) is 0 Å². The van der Waals surface area contributed by atoms with Crippen LogP contribution in [0.3, 0.4) is 0 Å². The molecule has 1 aromatic carbocycles. The highest BCUT2D eigenvalue weighted by molar-refractivity contribution is 5.83. The van der Waals surface area contributed by atoms with Crippen molar-refractivity contribution < 1.29 is 0 Å². The van der Waals surface area contributed by atoms with E-state index in [9.17, 15) is 0 Å². The molecule has 2 heterocycles.